The molecular formula is C8H14O2. The van der Waals surface area contributed by atoms with Gasteiger partial charge >= 0.3 is 0 Å². The molecule has 0 fully saturated rings. The van der Waals surface area contributed by atoms with Crippen LogP contribution in [0.4, 0.5) is 0 Å². The molecule has 0 amide bonds. The summed E-state index contributed by atoms with van der Waals surface area (Å²) >= 11 is 0. The third-order valence-electron chi connectivity index (χ3n) is 1.80. The molecule has 0 radical (unpaired) electrons. The van der Waals surface area contributed by atoms with Crippen molar-refractivity contribution in [3.05, 3.63) is 12.2 Å². The van der Waals surface area contributed by atoms with E-state index in [1.165, 1.54) is 0 Å². The molecule has 2 unspecified atom stereocenters. The molecule has 2 atom stereocenters. The Kier molecular flexibility index (Phi) is 2.90. The van der Waals surface area contributed by atoms with Gasteiger partial charge in [-0.15, -0.1) is 0 Å². The summed E-state index contributed by atoms with van der Waals surface area (Å²) < 4.78 is 0. The van der Waals surface area contributed by atoms with Gasteiger partial charge in [-0.3, -0.25) is 0 Å². The number of aliphatic hydroxyl groups excluding tert-OH is 2. The highest BCUT2D eigenvalue weighted by Crippen LogP contribution is 2.11. The first-order chi connectivity index (χ1) is 4.79. The first-order valence-electron chi connectivity index (χ1n) is 3.82. The van der Waals surface area contributed by atoms with Gasteiger partial charge in [0, 0.05) is 0 Å². The second kappa shape index (κ2) is 3.74. The zero-order chi connectivity index (χ0) is 7.40. The van der Waals surface area contributed by atoms with Crippen LogP contribution < -0.4 is 0 Å². The topological polar surface area (TPSA) is 40.5 Å². The first kappa shape index (κ1) is 7.76. The fourth-order valence-electron chi connectivity index (χ4n) is 1.17. The van der Waals surface area contributed by atoms with E-state index < -0.39 is 0 Å². The fraction of sp³-hybridized carbons (Fsp3) is 0.750. The summed E-state index contributed by atoms with van der Waals surface area (Å²) in [6, 6.07) is 0. The smallest absolute Gasteiger partial charge is 0.0720 e. The number of hydrogen-bond donors (Lipinski definition) is 2. The Balaban J connectivity index is 2.38. The highest BCUT2D eigenvalue weighted by molar-refractivity contribution is 4.91. The predicted molar refractivity (Wildman–Crippen MR) is 39.6 cm³/mol. The van der Waals surface area contributed by atoms with Crippen LogP contribution in [0.3, 0.4) is 0 Å². The summed E-state index contributed by atoms with van der Waals surface area (Å²) in [5, 5.41) is 18.3. The molecule has 2 N–H and O–H groups in total. The SMILES string of the molecule is OC1/C=C/CC(O)CCC1. The summed E-state index contributed by atoms with van der Waals surface area (Å²) in [7, 11) is 0. The average molecular weight is 142 g/mol. The van der Waals surface area contributed by atoms with E-state index in [0.717, 1.165) is 19.3 Å². The molecule has 0 saturated heterocycles. The van der Waals surface area contributed by atoms with Crippen molar-refractivity contribution in [1.82, 2.24) is 0 Å². The highest BCUT2D eigenvalue weighted by Gasteiger charge is 2.07. The van der Waals surface area contributed by atoms with E-state index in [2.05, 4.69) is 0 Å². The maximum Gasteiger partial charge on any atom is 0.0720 e. The third-order valence-corrected chi connectivity index (χ3v) is 1.80. The molecule has 0 heterocycles. The minimum atomic E-state index is -0.285. The van der Waals surface area contributed by atoms with Gasteiger partial charge < -0.3 is 10.2 Å². The lowest BCUT2D eigenvalue weighted by Gasteiger charge is -2.12. The Hall–Kier alpha value is -0.340. The summed E-state index contributed by atoms with van der Waals surface area (Å²) in [5.74, 6) is 0. The molecule has 0 aliphatic heterocycles. The van der Waals surface area contributed by atoms with Crippen molar-refractivity contribution >= 4 is 0 Å². The van der Waals surface area contributed by atoms with Crippen LogP contribution in [-0.4, -0.2) is 22.4 Å². The molecule has 0 aromatic rings. The van der Waals surface area contributed by atoms with E-state index in [4.69, 9.17) is 10.2 Å². The Labute approximate surface area is 61.2 Å². The molecule has 1 aliphatic rings. The van der Waals surface area contributed by atoms with Crippen LogP contribution in [0.1, 0.15) is 25.7 Å². The van der Waals surface area contributed by atoms with Gasteiger partial charge in [0.1, 0.15) is 0 Å². The van der Waals surface area contributed by atoms with Crippen LogP contribution in [0.2, 0.25) is 0 Å². The van der Waals surface area contributed by atoms with Crippen molar-refractivity contribution in [2.24, 2.45) is 0 Å². The van der Waals surface area contributed by atoms with Crippen molar-refractivity contribution in [2.75, 3.05) is 0 Å². The lowest BCUT2D eigenvalue weighted by molar-refractivity contribution is 0.145. The lowest BCUT2D eigenvalue weighted by atomic mass is 10.0. The largest absolute Gasteiger partial charge is 0.393 e. The van der Waals surface area contributed by atoms with Gasteiger partial charge in [-0.1, -0.05) is 12.2 Å². The van der Waals surface area contributed by atoms with Gasteiger partial charge in [-0.05, 0) is 25.7 Å². The number of aliphatic hydroxyl groups is 2. The summed E-state index contributed by atoms with van der Waals surface area (Å²) in [5.41, 5.74) is 0. The van der Waals surface area contributed by atoms with Gasteiger partial charge in [0.2, 0.25) is 0 Å². The number of hydrogen-bond acceptors (Lipinski definition) is 2. The third kappa shape index (κ3) is 2.50. The van der Waals surface area contributed by atoms with E-state index in [0.29, 0.717) is 6.42 Å². The highest BCUT2D eigenvalue weighted by atomic mass is 16.3. The zero-order valence-corrected chi connectivity index (χ0v) is 6.03. The van der Waals surface area contributed by atoms with Gasteiger partial charge in [0.15, 0.2) is 0 Å². The standard InChI is InChI=1S/C8H14O2/c9-7-3-1-4-8(10)6-2-5-7/h1,3,7-10H,2,4-6H2/b3-1+. The molecule has 1 aliphatic carbocycles. The van der Waals surface area contributed by atoms with Crippen LogP contribution in [0.25, 0.3) is 0 Å². The molecular weight excluding hydrogens is 128 g/mol. The first-order valence-corrected chi connectivity index (χ1v) is 3.82. The predicted octanol–water partition coefficient (Wildman–Crippen LogP) is 0.838. The molecule has 10 heavy (non-hydrogen) atoms. The molecule has 0 bridgehead atoms. The Morgan fingerprint density at radius 3 is 2.80 bits per heavy atom. The van der Waals surface area contributed by atoms with E-state index >= 15 is 0 Å². The maximum atomic E-state index is 9.17. The van der Waals surface area contributed by atoms with Crippen molar-refractivity contribution < 1.29 is 10.2 Å². The number of rotatable bonds is 0. The minimum Gasteiger partial charge on any atom is -0.393 e. The quantitative estimate of drug-likeness (QED) is 0.492. The Morgan fingerprint density at radius 2 is 2.00 bits per heavy atom. The van der Waals surface area contributed by atoms with Crippen LogP contribution in [-0.2, 0) is 0 Å². The van der Waals surface area contributed by atoms with Crippen LogP contribution >= 0.6 is 0 Å². The van der Waals surface area contributed by atoms with Crippen LogP contribution in [0.15, 0.2) is 12.2 Å². The monoisotopic (exact) mass is 142 g/mol. The average Bonchev–Trinajstić information content (AvgIpc) is 1.84. The molecule has 2 heteroatoms. The van der Waals surface area contributed by atoms with Crippen molar-refractivity contribution in [1.29, 1.82) is 0 Å². The normalized spacial score (nSPS) is 38.2. The van der Waals surface area contributed by atoms with Gasteiger partial charge in [0.05, 0.1) is 12.2 Å². The van der Waals surface area contributed by atoms with Gasteiger partial charge in [-0.2, -0.15) is 0 Å². The summed E-state index contributed by atoms with van der Waals surface area (Å²) in [6.07, 6.45) is 6.37. The Morgan fingerprint density at radius 1 is 1.20 bits per heavy atom. The van der Waals surface area contributed by atoms with Crippen LogP contribution in [0.5, 0.6) is 0 Å². The van der Waals surface area contributed by atoms with Gasteiger partial charge in [-0.25, -0.2) is 0 Å². The zero-order valence-electron chi connectivity index (χ0n) is 6.03. The van der Waals surface area contributed by atoms with Crippen molar-refractivity contribution in [2.45, 2.75) is 37.9 Å². The minimum absolute atomic E-state index is 0.191. The molecule has 58 valence electrons. The molecule has 0 spiro atoms. The molecule has 2 nitrogen and oxygen atoms in total. The lowest BCUT2D eigenvalue weighted by Crippen LogP contribution is -2.11. The van der Waals surface area contributed by atoms with Crippen molar-refractivity contribution in [3.63, 3.8) is 0 Å². The van der Waals surface area contributed by atoms with E-state index in [1.54, 1.807) is 6.08 Å². The fourth-order valence-corrected chi connectivity index (χ4v) is 1.17. The molecule has 1 rings (SSSR count). The second-order valence-corrected chi connectivity index (χ2v) is 2.82. The Bertz CT molecular complexity index is 120. The van der Waals surface area contributed by atoms with E-state index in [-0.39, 0.29) is 12.2 Å². The second-order valence-electron chi connectivity index (χ2n) is 2.82. The van der Waals surface area contributed by atoms with Gasteiger partial charge in [0.25, 0.3) is 0 Å². The summed E-state index contributed by atoms with van der Waals surface area (Å²) in [4.78, 5) is 0. The van der Waals surface area contributed by atoms with E-state index in [9.17, 15) is 0 Å². The molecule has 0 saturated carbocycles. The van der Waals surface area contributed by atoms with Crippen molar-refractivity contribution in [3.8, 4) is 0 Å². The van der Waals surface area contributed by atoms with Crippen LogP contribution in [0, 0.1) is 0 Å². The van der Waals surface area contributed by atoms with E-state index in [1.807, 2.05) is 6.08 Å². The molecule has 0 aromatic heterocycles. The maximum absolute atomic E-state index is 9.17. The molecule has 0 aromatic carbocycles. The summed E-state index contributed by atoms with van der Waals surface area (Å²) in [6.45, 7) is 0.